The number of esters is 1. The van der Waals surface area contributed by atoms with Crippen LogP contribution in [0.5, 0.6) is 0 Å². The van der Waals surface area contributed by atoms with Crippen LogP contribution in [0.3, 0.4) is 0 Å². The number of rotatable bonds is 8. The van der Waals surface area contributed by atoms with E-state index < -0.39 is 30.3 Å². The summed E-state index contributed by atoms with van der Waals surface area (Å²) in [5.41, 5.74) is 2.26. The maximum atomic E-state index is 13.4. The van der Waals surface area contributed by atoms with Gasteiger partial charge in [0.2, 0.25) is 5.91 Å². The van der Waals surface area contributed by atoms with Gasteiger partial charge in [-0.15, -0.1) is 11.8 Å². The number of amides is 2. The Kier molecular flexibility index (Phi) is 7.57. The van der Waals surface area contributed by atoms with Gasteiger partial charge in [0.25, 0.3) is 0 Å². The van der Waals surface area contributed by atoms with Gasteiger partial charge >= 0.3 is 12.1 Å². The average Bonchev–Trinajstić information content (AvgIpc) is 2.86. The fraction of sp³-hybridized carbons (Fsp3) is 0.346. The molecule has 1 N–H and O–H groups in total. The van der Waals surface area contributed by atoms with Crippen LogP contribution in [0, 0.1) is 0 Å². The number of alkyl carbamates (subject to hydrolysis) is 1. The summed E-state index contributed by atoms with van der Waals surface area (Å²) < 4.78 is 11.1. The lowest BCUT2D eigenvalue weighted by molar-refractivity contribution is -0.164. The van der Waals surface area contributed by atoms with Gasteiger partial charge in [-0.05, 0) is 23.1 Å². The number of nitrogens with one attached hydrogen (secondary N) is 1. The van der Waals surface area contributed by atoms with Gasteiger partial charge < -0.3 is 19.7 Å². The first-order valence-electron chi connectivity index (χ1n) is 11.4. The van der Waals surface area contributed by atoms with E-state index in [4.69, 9.17) is 9.47 Å². The molecule has 2 aromatic rings. The molecule has 2 heterocycles. The zero-order valence-corrected chi connectivity index (χ0v) is 19.8. The molecular weight excluding hydrogens is 452 g/mol. The van der Waals surface area contributed by atoms with Crippen LogP contribution in [-0.2, 0) is 19.1 Å². The molecule has 2 saturated heterocycles. The van der Waals surface area contributed by atoms with E-state index in [1.165, 1.54) is 16.7 Å². The van der Waals surface area contributed by atoms with E-state index in [-0.39, 0.29) is 11.3 Å². The summed E-state index contributed by atoms with van der Waals surface area (Å²) in [6.07, 6.45) is 0.424. The summed E-state index contributed by atoms with van der Waals surface area (Å²) in [6.45, 7) is 6.33. The predicted molar refractivity (Wildman–Crippen MR) is 130 cm³/mol. The number of unbranched alkanes of at least 4 members (excludes halogenated alkanes) is 1. The summed E-state index contributed by atoms with van der Waals surface area (Å²) in [7, 11) is 0. The smallest absolute Gasteiger partial charge is 0.407 e. The first kappa shape index (κ1) is 23.9. The number of nitrogens with zero attached hydrogens (tertiary/aromatic N) is 1. The van der Waals surface area contributed by atoms with Crippen LogP contribution < -0.4 is 5.32 Å². The highest BCUT2D eigenvalue weighted by atomic mass is 32.2. The van der Waals surface area contributed by atoms with Gasteiger partial charge in [0.05, 0.1) is 6.61 Å². The lowest BCUT2D eigenvalue weighted by atomic mass is 9.98. The maximum absolute atomic E-state index is 13.4. The molecular formula is C26H28N2O5S. The van der Waals surface area contributed by atoms with E-state index in [0.29, 0.717) is 17.9 Å². The molecule has 2 fully saturated rings. The number of fused-ring (bicyclic) bond motifs is 1. The summed E-state index contributed by atoms with van der Waals surface area (Å²) in [5.74, 6) is -0.396. The van der Waals surface area contributed by atoms with Crippen molar-refractivity contribution in [3.63, 3.8) is 0 Å². The van der Waals surface area contributed by atoms with Crippen molar-refractivity contribution in [2.75, 3.05) is 12.4 Å². The normalized spacial score (nSPS) is 21.5. The number of β-lactam (4-membered cyclic amide) rings is 1. The Morgan fingerprint density at radius 3 is 2.32 bits per heavy atom. The van der Waals surface area contributed by atoms with Crippen molar-refractivity contribution in [3.05, 3.63) is 83.9 Å². The van der Waals surface area contributed by atoms with Crippen molar-refractivity contribution < 1.29 is 23.9 Å². The molecule has 1 unspecified atom stereocenters. The number of hydrogen-bond acceptors (Lipinski definition) is 6. The summed E-state index contributed by atoms with van der Waals surface area (Å²) >= 11 is 1.46. The molecule has 2 amide bonds. The van der Waals surface area contributed by atoms with Crippen LogP contribution in [0.25, 0.3) is 0 Å². The molecule has 7 nitrogen and oxygen atoms in total. The third-order valence-corrected chi connectivity index (χ3v) is 7.23. The predicted octanol–water partition coefficient (Wildman–Crippen LogP) is 4.05. The zero-order chi connectivity index (χ0) is 24.1. The minimum atomic E-state index is -0.900. The quantitative estimate of drug-likeness (QED) is 0.266. The SMILES string of the molecule is C=C1CS[C@@H]2[C@H](NC(=O)OCCCC)C(=O)N2C1C(=O)OC(c1ccccc1)c1ccccc1. The molecule has 0 bridgehead atoms. The minimum Gasteiger partial charge on any atom is -0.451 e. The highest BCUT2D eigenvalue weighted by Gasteiger charge is 2.57. The van der Waals surface area contributed by atoms with Crippen LogP contribution in [0.2, 0.25) is 0 Å². The molecule has 2 aliphatic rings. The van der Waals surface area contributed by atoms with Gasteiger partial charge in [0.1, 0.15) is 11.4 Å². The highest BCUT2D eigenvalue weighted by molar-refractivity contribution is 8.00. The van der Waals surface area contributed by atoms with E-state index >= 15 is 0 Å². The lowest BCUT2D eigenvalue weighted by Crippen LogP contribution is -2.74. The largest absolute Gasteiger partial charge is 0.451 e. The van der Waals surface area contributed by atoms with Crippen LogP contribution >= 0.6 is 11.8 Å². The fourth-order valence-electron chi connectivity index (χ4n) is 4.06. The first-order chi connectivity index (χ1) is 16.5. The molecule has 0 radical (unpaired) electrons. The van der Waals surface area contributed by atoms with Gasteiger partial charge in [-0.1, -0.05) is 80.6 Å². The molecule has 4 rings (SSSR count). The van der Waals surface area contributed by atoms with Crippen molar-refractivity contribution >= 4 is 29.7 Å². The topological polar surface area (TPSA) is 84.9 Å². The van der Waals surface area contributed by atoms with Crippen LogP contribution in [0.4, 0.5) is 4.79 Å². The van der Waals surface area contributed by atoms with Gasteiger partial charge in [-0.3, -0.25) is 4.79 Å². The number of hydrogen-bond donors (Lipinski definition) is 1. The Morgan fingerprint density at radius 1 is 1.12 bits per heavy atom. The van der Waals surface area contributed by atoms with Gasteiger partial charge in [0.15, 0.2) is 12.1 Å². The molecule has 0 aliphatic carbocycles. The van der Waals surface area contributed by atoms with Crippen LogP contribution in [0.15, 0.2) is 72.8 Å². The molecule has 2 aromatic carbocycles. The second kappa shape index (κ2) is 10.8. The van der Waals surface area contributed by atoms with E-state index in [9.17, 15) is 14.4 Å². The van der Waals surface area contributed by atoms with Crippen molar-refractivity contribution in [2.45, 2.75) is 43.3 Å². The van der Waals surface area contributed by atoms with E-state index in [0.717, 1.165) is 24.0 Å². The number of carbonyl (C=O) groups is 3. The third kappa shape index (κ3) is 4.97. The third-order valence-electron chi connectivity index (χ3n) is 5.85. The Hall–Kier alpha value is -3.26. The van der Waals surface area contributed by atoms with Gasteiger partial charge in [-0.2, -0.15) is 0 Å². The number of benzene rings is 2. The minimum absolute atomic E-state index is 0.302. The van der Waals surface area contributed by atoms with E-state index in [2.05, 4.69) is 11.9 Å². The summed E-state index contributed by atoms with van der Waals surface area (Å²) in [6, 6.07) is 17.3. The second-order valence-corrected chi connectivity index (χ2v) is 9.36. The average molecular weight is 481 g/mol. The van der Waals surface area contributed by atoms with Gasteiger partial charge in [-0.25, -0.2) is 9.59 Å². The van der Waals surface area contributed by atoms with E-state index in [1.807, 2.05) is 67.6 Å². The molecule has 2 aliphatic heterocycles. The molecule has 0 saturated carbocycles. The summed E-state index contributed by atoms with van der Waals surface area (Å²) in [5, 5.41) is 2.26. The summed E-state index contributed by atoms with van der Waals surface area (Å²) in [4.78, 5) is 39.9. The molecule has 34 heavy (non-hydrogen) atoms. The first-order valence-corrected chi connectivity index (χ1v) is 12.4. The number of ether oxygens (including phenoxy) is 2. The number of carbonyl (C=O) groups excluding carboxylic acids is 3. The van der Waals surface area contributed by atoms with Crippen molar-refractivity contribution in [3.8, 4) is 0 Å². The Morgan fingerprint density at radius 2 is 1.74 bits per heavy atom. The Labute approximate surface area is 203 Å². The van der Waals surface area contributed by atoms with Gasteiger partial charge in [0, 0.05) is 5.75 Å². The Balaban J connectivity index is 1.48. The molecule has 0 aromatic heterocycles. The maximum Gasteiger partial charge on any atom is 0.407 e. The standard InChI is InChI=1S/C26H28N2O5S/c1-3-4-15-32-26(31)27-20-23(29)28-21(17(2)16-34-24(20)28)25(30)33-22(18-11-7-5-8-12-18)19-13-9-6-10-14-19/h5-14,20-22,24H,2-4,15-16H2,1H3,(H,27,31)/t20-,21?,24-/m1/s1. The monoisotopic (exact) mass is 480 g/mol. The van der Waals surface area contributed by atoms with Crippen LogP contribution in [-0.4, -0.2) is 52.7 Å². The molecule has 0 spiro atoms. The molecule has 8 heteroatoms. The fourth-order valence-corrected chi connectivity index (χ4v) is 5.37. The highest BCUT2D eigenvalue weighted by Crippen LogP contribution is 2.41. The van der Waals surface area contributed by atoms with Crippen molar-refractivity contribution in [1.29, 1.82) is 0 Å². The van der Waals surface area contributed by atoms with Crippen LogP contribution in [0.1, 0.15) is 37.0 Å². The lowest BCUT2D eigenvalue weighted by Gasteiger charge is -2.52. The molecule has 178 valence electrons. The second-order valence-electron chi connectivity index (χ2n) is 8.26. The van der Waals surface area contributed by atoms with E-state index in [1.54, 1.807) is 0 Å². The van der Waals surface area contributed by atoms with Crippen molar-refractivity contribution in [1.82, 2.24) is 10.2 Å². The van der Waals surface area contributed by atoms with Crippen molar-refractivity contribution in [2.24, 2.45) is 0 Å². The molecule has 3 atom stereocenters. The number of thioether (sulfide) groups is 1. The zero-order valence-electron chi connectivity index (χ0n) is 19.0. The Bertz CT molecular complexity index is 1010.